The van der Waals surface area contributed by atoms with Gasteiger partial charge in [-0.05, 0) is 24.3 Å². The largest absolute Gasteiger partial charge is 0.309 e. The van der Waals surface area contributed by atoms with Crippen LogP contribution in [-0.4, -0.2) is 0 Å². The lowest BCUT2D eigenvalue weighted by Gasteiger charge is -2.29. The molecule has 0 aliphatic rings. The van der Waals surface area contributed by atoms with Crippen molar-refractivity contribution in [1.82, 2.24) is 0 Å². The van der Waals surface area contributed by atoms with Crippen LogP contribution in [0.25, 0.3) is 21.5 Å². The highest BCUT2D eigenvalue weighted by atomic mass is 15.1. The number of anilines is 3. The van der Waals surface area contributed by atoms with Crippen molar-refractivity contribution < 1.29 is 0 Å². The Bertz CT molecular complexity index is 1250. The van der Waals surface area contributed by atoms with E-state index in [1.807, 2.05) is 39.8 Å². The normalized spacial score (nSPS) is 9.79. The first-order chi connectivity index (χ1) is 16.4. The van der Waals surface area contributed by atoms with E-state index in [1.165, 1.54) is 0 Å². The van der Waals surface area contributed by atoms with Crippen LogP contribution in [0.1, 0.15) is 33.3 Å². The zero-order valence-electron chi connectivity index (χ0n) is 19.9. The molecule has 1 nitrogen and oxygen atoms in total. The zero-order valence-corrected chi connectivity index (χ0v) is 19.9. The van der Waals surface area contributed by atoms with Crippen molar-refractivity contribution in [2.45, 2.75) is 27.7 Å². The van der Waals surface area contributed by atoms with Gasteiger partial charge in [0.15, 0.2) is 0 Å². The van der Waals surface area contributed by atoms with Crippen molar-refractivity contribution in [3.8, 4) is 12.3 Å². The minimum atomic E-state index is 0.945. The first-order valence-electron chi connectivity index (χ1n) is 11.7. The fraction of sp³-hybridized carbons (Fsp3) is 0.125. The lowest BCUT2D eigenvalue weighted by atomic mass is 9.94. The van der Waals surface area contributed by atoms with Crippen LogP contribution in [0.15, 0.2) is 109 Å². The van der Waals surface area contributed by atoms with Gasteiger partial charge in [0.2, 0.25) is 0 Å². The van der Waals surface area contributed by atoms with Crippen molar-refractivity contribution in [1.29, 1.82) is 0 Å². The summed E-state index contributed by atoms with van der Waals surface area (Å²) in [5.74, 6) is 2.94. The zero-order chi connectivity index (χ0) is 23.6. The molecular weight excluding hydrogens is 398 g/mol. The minimum Gasteiger partial charge on any atom is -0.309 e. The molecule has 0 aliphatic heterocycles. The lowest BCUT2D eigenvalue weighted by Crippen LogP contribution is -2.11. The Hall–Kier alpha value is -4.02. The van der Waals surface area contributed by atoms with E-state index in [1.54, 1.807) is 0 Å². The molecule has 0 N–H and O–H groups in total. The molecule has 0 radical (unpaired) electrons. The number of nitrogens with zero attached hydrogens (tertiary/aromatic N) is 1. The van der Waals surface area contributed by atoms with Gasteiger partial charge in [-0.3, -0.25) is 0 Å². The van der Waals surface area contributed by atoms with Gasteiger partial charge < -0.3 is 4.90 Å². The van der Waals surface area contributed by atoms with Gasteiger partial charge in [0.05, 0.1) is 5.69 Å². The minimum absolute atomic E-state index is 0.945. The maximum Gasteiger partial charge on any atom is 0.0619 e. The van der Waals surface area contributed by atoms with Crippen molar-refractivity contribution >= 4 is 38.6 Å². The Morgan fingerprint density at radius 3 is 1.18 bits per heavy atom. The summed E-state index contributed by atoms with van der Waals surface area (Å²) in [6.45, 7) is 8.00. The highest BCUT2D eigenvalue weighted by Gasteiger charge is 2.20. The van der Waals surface area contributed by atoms with Crippen molar-refractivity contribution in [3.63, 3.8) is 0 Å². The summed E-state index contributed by atoms with van der Waals surface area (Å²) >= 11 is 0. The Balaban J connectivity index is 0.000000728. The Kier molecular flexibility index (Phi) is 8.28. The summed E-state index contributed by atoms with van der Waals surface area (Å²) in [4.78, 5) is 2.32. The van der Waals surface area contributed by atoms with E-state index >= 15 is 0 Å². The molecule has 0 heterocycles. The number of rotatable bonds is 3. The summed E-state index contributed by atoms with van der Waals surface area (Å²) in [6, 6.07) is 37.8. The lowest BCUT2D eigenvalue weighted by molar-refractivity contribution is 1.31. The molecule has 5 aromatic carbocycles. The number of fused-ring (bicyclic) bond motifs is 2. The van der Waals surface area contributed by atoms with Gasteiger partial charge in [0, 0.05) is 38.5 Å². The van der Waals surface area contributed by atoms with E-state index in [4.69, 9.17) is 6.42 Å². The van der Waals surface area contributed by atoms with Gasteiger partial charge >= 0.3 is 0 Å². The van der Waals surface area contributed by atoms with E-state index in [-0.39, 0.29) is 0 Å². The second kappa shape index (κ2) is 11.6. The molecule has 0 unspecified atom stereocenters. The molecule has 5 aromatic rings. The highest BCUT2D eigenvalue weighted by molar-refractivity contribution is 6.17. The standard InChI is InChI=1S/C28H19N.2C2H6/c1-2-23-24-17-9-11-19-26(24)28(27-20-12-10-18-25(23)27)29(21-13-5-3-6-14-21)22-15-7-4-8-16-22;2*1-2/h1,3-20H;2*1-2H3. The van der Waals surface area contributed by atoms with Gasteiger partial charge in [0.1, 0.15) is 0 Å². The van der Waals surface area contributed by atoms with Crippen LogP contribution in [-0.2, 0) is 0 Å². The summed E-state index contributed by atoms with van der Waals surface area (Å²) in [6.07, 6.45) is 5.97. The highest BCUT2D eigenvalue weighted by Crippen LogP contribution is 2.44. The second-order valence-corrected chi connectivity index (χ2v) is 6.97. The average Bonchev–Trinajstić information content (AvgIpc) is 2.92. The molecule has 1 heteroatoms. The van der Waals surface area contributed by atoms with Gasteiger partial charge in [-0.25, -0.2) is 0 Å². The quantitative estimate of drug-likeness (QED) is 0.204. The van der Waals surface area contributed by atoms with Crippen LogP contribution in [0.2, 0.25) is 0 Å². The van der Waals surface area contributed by atoms with Gasteiger partial charge in [0.25, 0.3) is 0 Å². The summed E-state index contributed by atoms with van der Waals surface area (Å²) in [5, 5.41) is 4.49. The van der Waals surface area contributed by atoms with Crippen LogP contribution < -0.4 is 4.90 Å². The SMILES string of the molecule is C#Cc1c2ccccc2c(N(c2ccccc2)c2ccccc2)c2ccccc12.CC.CC. The van der Waals surface area contributed by atoms with Gasteiger partial charge in [-0.15, -0.1) is 6.42 Å². The van der Waals surface area contributed by atoms with Crippen molar-refractivity contribution in [2.75, 3.05) is 4.90 Å². The average molecular weight is 430 g/mol. The molecule has 0 fully saturated rings. The fourth-order valence-electron chi connectivity index (χ4n) is 4.06. The first-order valence-corrected chi connectivity index (χ1v) is 11.7. The number of para-hydroxylation sites is 2. The summed E-state index contributed by atoms with van der Waals surface area (Å²) in [5.41, 5.74) is 4.32. The summed E-state index contributed by atoms with van der Waals surface area (Å²) < 4.78 is 0. The monoisotopic (exact) mass is 429 g/mol. The van der Waals surface area contributed by atoms with E-state index in [9.17, 15) is 0 Å². The second-order valence-electron chi connectivity index (χ2n) is 6.97. The molecule has 0 aromatic heterocycles. The molecule has 0 bridgehead atoms. The maximum atomic E-state index is 5.97. The van der Waals surface area contributed by atoms with E-state index in [0.717, 1.165) is 44.2 Å². The van der Waals surface area contributed by atoms with Gasteiger partial charge in [-0.2, -0.15) is 0 Å². The molecule has 0 aliphatic carbocycles. The van der Waals surface area contributed by atoms with Crippen LogP contribution >= 0.6 is 0 Å². The van der Waals surface area contributed by atoms with Crippen molar-refractivity contribution in [2.24, 2.45) is 0 Å². The molecule has 164 valence electrons. The van der Waals surface area contributed by atoms with Gasteiger partial charge in [-0.1, -0.05) is 119 Å². The number of hydrogen-bond donors (Lipinski definition) is 0. The van der Waals surface area contributed by atoms with Crippen LogP contribution in [0.4, 0.5) is 17.1 Å². The molecule has 0 saturated carbocycles. The third kappa shape index (κ3) is 4.61. The summed E-state index contributed by atoms with van der Waals surface area (Å²) in [7, 11) is 0. The molecule has 5 rings (SSSR count). The van der Waals surface area contributed by atoms with E-state index < -0.39 is 0 Å². The Morgan fingerprint density at radius 2 is 0.818 bits per heavy atom. The number of terminal acetylenes is 1. The molecular formula is C32H31N. The van der Waals surface area contributed by atoms with E-state index in [2.05, 4.69) is 108 Å². The predicted molar refractivity (Wildman–Crippen MR) is 147 cm³/mol. The Morgan fingerprint density at radius 1 is 0.485 bits per heavy atom. The third-order valence-corrected chi connectivity index (χ3v) is 5.30. The van der Waals surface area contributed by atoms with Crippen molar-refractivity contribution in [3.05, 3.63) is 115 Å². The molecule has 33 heavy (non-hydrogen) atoms. The molecule has 0 atom stereocenters. The molecule has 0 spiro atoms. The molecule has 0 amide bonds. The van der Waals surface area contributed by atoms with Crippen LogP contribution in [0.5, 0.6) is 0 Å². The first kappa shape index (κ1) is 23.6. The third-order valence-electron chi connectivity index (χ3n) is 5.30. The number of benzene rings is 5. The topological polar surface area (TPSA) is 3.24 Å². The van der Waals surface area contributed by atoms with Crippen LogP contribution in [0, 0.1) is 12.3 Å². The smallest absolute Gasteiger partial charge is 0.0619 e. The number of hydrogen-bond acceptors (Lipinski definition) is 1. The Labute approximate surface area is 198 Å². The van der Waals surface area contributed by atoms with E-state index in [0.29, 0.717) is 0 Å². The fourth-order valence-corrected chi connectivity index (χ4v) is 4.06. The predicted octanol–water partition coefficient (Wildman–Crippen LogP) is 9.50. The molecule has 0 saturated heterocycles. The maximum absolute atomic E-state index is 5.97. The van der Waals surface area contributed by atoms with Crippen LogP contribution in [0.3, 0.4) is 0 Å².